The van der Waals surface area contributed by atoms with Crippen LogP contribution in [0.1, 0.15) is 17.7 Å². The highest BCUT2D eigenvalue weighted by molar-refractivity contribution is 5.59. The van der Waals surface area contributed by atoms with E-state index in [2.05, 4.69) is 60.8 Å². The highest BCUT2D eigenvalue weighted by atomic mass is 15.5. The topological polar surface area (TPSA) is 73.8 Å². The van der Waals surface area contributed by atoms with Crippen LogP contribution in [0, 0.1) is 0 Å². The second kappa shape index (κ2) is 6.49. The standard InChI is InChI=1S/C19H21N7/c1-2-8-18-14(5-1)11-16-13-25(9-4-10-26(16)18)12-15-6-3-7-17(20-15)19-21-23-24-22-19/h1-3,5-8,16H,4,9-13H2,(H,21,22,23,24). The molecule has 2 aliphatic rings. The molecule has 1 fully saturated rings. The van der Waals surface area contributed by atoms with Gasteiger partial charge in [-0.25, -0.2) is 4.98 Å². The molecule has 7 nitrogen and oxygen atoms in total. The van der Waals surface area contributed by atoms with Crippen LogP contribution in [0.25, 0.3) is 11.5 Å². The number of benzene rings is 1. The Labute approximate surface area is 152 Å². The van der Waals surface area contributed by atoms with E-state index >= 15 is 0 Å². The van der Waals surface area contributed by atoms with Gasteiger partial charge in [0.25, 0.3) is 0 Å². The maximum absolute atomic E-state index is 4.72. The van der Waals surface area contributed by atoms with Crippen molar-refractivity contribution >= 4 is 5.69 Å². The Bertz CT molecular complexity index is 892. The summed E-state index contributed by atoms with van der Waals surface area (Å²) in [6, 6.07) is 15.4. The fraction of sp³-hybridized carbons (Fsp3) is 0.368. The minimum Gasteiger partial charge on any atom is -0.367 e. The minimum absolute atomic E-state index is 0.542. The number of H-pyrrole nitrogens is 1. The van der Waals surface area contributed by atoms with Crippen LogP contribution in [-0.2, 0) is 13.0 Å². The van der Waals surface area contributed by atoms with Crippen molar-refractivity contribution < 1.29 is 0 Å². The summed E-state index contributed by atoms with van der Waals surface area (Å²) >= 11 is 0. The molecule has 1 atom stereocenters. The lowest BCUT2D eigenvalue weighted by Crippen LogP contribution is -2.38. The Morgan fingerprint density at radius 1 is 1.08 bits per heavy atom. The summed E-state index contributed by atoms with van der Waals surface area (Å²) in [6.45, 7) is 4.16. The van der Waals surface area contributed by atoms with Gasteiger partial charge in [-0.3, -0.25) is 4.90 Å². The molecule has 1 aromatic carbocycles. The van der Waals surface area contributed by atoms with Gasteiger partial charge in [-0.15, -0.1) is 10.2 Å². The molecule has 1 saturated heterocycles. The van der Waals surface area contributed by atoms with Crippen LogP contribution in [0.5, 0.6) is 0 Å². The number of tetrazole rings is 1. The smallest absolute Gasteiger partial charge is 0.222 e. The number of anilines is 1. The van der Waals surface area contributed by atoms with E-state index in [1.54, 1.807) is 0 Å². The molecular weight excluding hydrogens is 326 g/mol. The van der Waals surface area contributed by atoms with E-state index in [-0.39, 0.29) is 0 Å². The zero-order valence-electron chi connectivity index (χ0n) is 14.5. The first kappa shape index (κ1) is 15.5. The van der Waals surface area contributed by atoms with Gasteiger partial charge in [0.1, 0.15) is 5.69 Å². The molecule has 1 unspecified atom stereocenters. The van der Waals surface area contributed by atoms with E-state index in [1.807, 2.05) is 12.1 Å². The average Bonchev–Trinajstić information content (AvgIpc) is 3.27. The van der Waals surface area contributed by atoms with Crippen molar-refractivity contribution in [2.24, 2.45) is 0 Å². The number of hydrogen-bond acceptors (Lipinski definition) is 6. The van der Waals surface area contributed by atoms with E-state index in [0.29, 0.717) is 11.9 Å². The summed E-state index contributed by atoms with van der Waals surface area (Å²) in [4.78, 5) is 9.85. The number of hydrogen-bond donors (Lipinski definition) is 1. The fourth-order valence-corrected chi connectivity index (χ4v) is 4.18. The molecule has 26 heavy (non-hydrogen) atoms. The first-order chi connectivity index (χ1) is 12.9. The largest absolute Gasteiger partial charge is 0.367 e. The van der Waals surface area contributed by atoms with Crippen molar-refractivity contribution in [1.82, 2.24) is 30.5 Å². The molecule has 0 spiro atoms. The summed E-state index contributed by atoms with van der Waals surface area (Å²) in [5.74, 6) is 0.542. The summed E-state index contributed by atoms with van der Waals surface area (Å²) in [5, 5.41) is 14.2. The molecule has 4 heterocycles. The first-order valence-corrected chi connectivity index (χ1v) is 9.13. The van der Waals surface area contributed by atoms with Gasteiger partial charge < -0.3 is 4.90 Å². The molecule has 0 saturated carbocycles. The van der Waals surface area contributed by atoms with Gasteiger partial charge in [0.15, 0.2) is 0 Å². The Kier molecular flexibility index (Phi) is 3.86. The molecule has 0 aliphatic carbocycles. The van der Waals surface area contributed by atoms with E-state index in [0.717, 1.165) is 44.0 Å². The van der Waals surface area contributed by atoms with Crippen molar-refractivity contribution in [3.63, 3.8) is 0 Å². The van der Waals surface area contributed by atoms with Gasteiger partial charge in [0.05, 0.1) is 5.69 Å². The van der Waals surface area contributed by atoms with Crippen LogP contribution >= 0.6 is 0 Å². The number of rotatable bonds is 3. The highest BCUT2D eigenvalue weighted by Crippen LogP contribution is 2.33. The number of para-hydroxylation sites is 1. The Hall–Kier alpha value is -2.80. The van der Waals surface area contributed by atoms with Crippen LogP contribution in [0.3, 0.4) is 0 Å². The molecule has 132 valence electrons. The maximum Gasteiger partial charge on any atom is 0.222 e. The number of nitrogens with zero attached hydrogens (tertiary/aromatic N) is 6. The quantitative estimate of drug-likeness (QED) is 0.780. The molecule has 0 amide bonds. The summed E-state index contributed by atoms with van der Waals surface area (Å²) in [6.07, 6.45) is 2.32. The normalized spacial score (nSPS) is 19.8. The third-order valence-electron chi connectivity index (χ3n) is 5.31. The van der Waals surface area contributed by atoms with E-state index < -0.39 is 0 Å². The summed E-state index contributed by atoms with van der Waals surface area (Å²) in [5.41, 5.74) is 4.73. The SMILES string of the molecule is c1cc(CN2CCCN3c4ccccc4CC3C2)nc(-c2nn[nH]n2)c1. The molecule has 2 aromatic heterocycles. The van der Waals surface area contributed by atoms with Crippen LogP contribution in [0.4, 0.5) is 5.69 Å². The van der Waals surface area contributed by atoms with E-state index in [4.69, 9.17) is 4.98 Å². The molecule has 3 aromatic rings. The van der Waals surface area contributed by atoms with Gasteiger partial charge in [-0.05, 0) is 41.8 Å². The van der Waals surface area contributed by atoms with E-state index in [9.17, 15) is 0 Å². The Morgan fingerprint density at radius 3 is 2.96 bits per heavy atom. The Morgan fingerprint density at radius 2 is 2.04 bits per heavy atom. The lowest BCUT2D eigenvalue weighted by Gasteiger charge is -2.27. The molecule has 7 heteroatoms. The second-order valence-corrected chi connectivity index (χ2v) is 7.02. The van der Waals surface area contributed by atoms with Crippen molar-refractivity contribution in [3.8, 4) is 11.5 Å². The first-order valence-electron chi connectivity index (χ1n) is 9.13. The van der Waals surface area contributed by atoms with Crippen LogP contribution in [-0.4, -0.2) is 56.2 Å². The lowest BCUT2D eigenvalue weighted by atomic mass is 10.1. The van der Waals surface area contributed by atoms with Crippen LogP contribution in [0.15, 0.2) is 42.5 Å². The van der Waals surface area contributed by atoms with Gasteiger partial charge in [-0.1, -0.05) is 24.3 Å². The molecule has 2 aliphatic heterocycles. The lowest BCUT2D eigenvalue weighted by molar-refractivity contribution is 0.262. The minimum atomic E-state index is 0.542. The molecular formula is C19H21N7. The van der Waals surface area contributed by atoms with Crippen LogP contribution < -0.4 is 4.90 Å². The Balaban J connectivity index is 1.32. The highest BCUT2D eigenvalue weighted by Gasteiger charge is 2.32. The number of pyridine rings is 1. The average molecular weight is 347 g/mol. The van der Waals surface area contributed by atoms with Gasteiger partial charge in [0, 0.05) is 37.9 Å². The number of aromatic nitrogens is 5. The summed E-state index contributed by atoms with van der Waals surface area (Å²) < 4.78 is 0. The van der Waals surface area contributed by atoms with Gasteiger partial charge in [-0.2, -0.15) is 5.21 Å². The predicted molar refractivity (Wildman–Crippen MR) is 98.6 cm³/mol. The van der Waals surface area contributed by atoms with E-state index in [1.165, 1.54) is 17.7 Å². The zero-order valence-corrected chi connectivity index (χ0v) is 14.5. The predicted octanol–water partition coefficient (Wildman–Crippen LogP) is 1.90. The second-order valence-electron chi connectivity index (χ2n) is 7.02. The number of nitrogens with one attached hydrogen (secondary N) is 1. The molecule has 0 radical (unpaired) electrons. The van der Waals surface area contributed by atoms with Gasteiger partial charge >= 0.3 is 0 Å². The third kappa shape index (κ3) is 2.84. The third-order valence-corrected chi connectivity index (χ3v) is 5.31. The molecule has 0 bridgehead atoms. The monoisotopic (exact) mass is 347 g/mol. The van der Waals surface area contributed by atoms with Crippen molar-refractivity contribution in [1.29, 1.82) is 0 Å². The zero-order chi connectivity index (χ0) is 17.3. The number of aromatic amines is 1. The fourth-order valence-electron chi connectivity index (χ4n) is 4.18. The van der Waals surface area contributed by atoms with Crippen molar-refractivity contribution in [3.05, 3.63) is 53.7 Å². The molecule has 1 N–H and O–H groups in total. The maximum atomic E-state index is 4.72. The van der Waals surface area contributed by atoms with Gasteiger partial charge in [0.2, 0.25) is 5.82 Å². The molecule has 5 rings (SSSR count). The van der Waals surface area contributed by atoms with Crippen molar-refractivity contribution in [2.75, 3.05) is 24.5 Å². The van der Waals surface area contributed by atoms with Crippen molar-refractivity contribution in [2.45, 2.75) is 25.4 Å². The summed E-state index contributed by atoms with van der Waals surface area (Å²) in [7, 11) is 0. The van der Waals surface area contributed by atoms with Crippen LogP contribution in [0.2, 0.25) is 0 Å². The number of fused-ring (bicyclic) bond motifs is 3.